The fourth-order valence-electron chi connectivity index (χ4n) is 3.51. The van der Waals surface area contributed by atoms with Gasteiger partial charge in [0.15, 0.2) is 6.61 Å². The predicted octanol–water partition coefficient (Wildman–Crippen LogP) is 4.08. The number of aromatic amines is 1. The first-order valence-electron chi connectivity index (χ1n) is 10.1. The number of amides is 1. The molecule has 30 heavy (non-hydrogen) atoms. The number of aromatic nitrogens is 2. The van der Waals surface area contributed by atoms with Crippen molar-refractivity contribution in [2.45, 2.75) is 18.8 Å². The summed E-state index contributed by atoms with van der Waals surface area (Å²) >= 11 is 5.88. The SMILES string of the molecule is O=C(COc1ccccc1)N1CCC(c2cc(CCOc3ccc(Cl)cc3)[nH]n2)C1. The van der Waals surface area contributed by atoms with Crippen LogP contribution in [0, 0.1) is 0 Å². The van der Waals surface area contributed by atoms with Gasteiger partial charge in [-0.05, 0) is 48.9 Å². The summed E-state index contributed by atoms with van der Waals surface area (Å²) in [6.45, 7) is 2.01. The van der Waals surface area contributed by atoms with Crippen molar-refractivity contribution < 1.29 is 14.3 Å². The second-order valence-corrected chi connectivity index (χ2v) is 7.73. The molecule has 2 aromatic carbocycles. The van der Waals surface area contributed by atoms with Crippen LogP contribution in [0.25, 0.3) is 0 Å². The Bertz CT molecular complexity index is 959. The van der Waals surface area contributed by atoms with E-state index >= 15 is 0 Å². The lowest BCUT2D eigenvalue weighted by Crippen LogP contribution is -2.32. The van der Waals surface area contributed by atoms with E-state index in [1.807, 2.05) is 59.5 Å². The summed E-state index contributed by atoms with van der Waals surface area (Å²) in [5, 5.41) is 8.24. The Labute approximate surface area is 180 Å². The molecule has 3 aromatic rings. The lowest BCUT2D eigenvalue weighted by molar-refractivity contribution is -0.132. The largest absolute Gasteiger partial charge is 0.493 e. The number of carbonyl (C=O) groups excluding carboxylic acids is 1. The van der Waals surface area contributed by atoms with Gasteiger partial charge in [0.25, 0.3) is 5.91 Å². The molecule has 4 rings (SSSR count). The highest BCUT2D eigenvalue weighted by atomic mass is 35.5. The van der Waals surface area contributed by atoms with E-state index in [2.05, 4.69) is 16.3 Å². The summed E-state index contributed by atoms with van der Waals surface area (Å²) in [7, 11) is 0. The standard InChI is InChI=1S/C23H24ClN3O3/c24-18-6-8-21(9-7-18)29-13-11-19-14-22(26-25-19)17-10-12-27(15-17)23(28)16-30-20-4-2-1-3-5-20/h1-9,14,17H,10-13,15-16H2,(H,25,26). The van der Waals surface area contributed by atoms with E-state index in [4.69, 9.17) is 21.1 Å². The molecule has 1 N–H and O–H groups in total. The highest BCUT2D eigenvalue weighted by molar-refractivity contribution is 6.30. The number of halogens is 1. The minimum Gasteiger partial charge on any atom is -0.493 e. The monoisotopic (exact) mass is 425 g/mol. The molecule has 0 bridgehead atoms. The van der Waals surface area contributed by atoms with E-state index in [1.165, 1.54) is 0 Å². The minimum absolute atomic E-state index is 0.00785. The molecule has 6 nitrogen and oxygen atoms in total. The second-order valence-electron chi connectivity index (χ2n) is 7.30. The van der Waals surface area contributed by atoms with Gasteiger partial charge in [0.2, 0.25) is 0 Å². The quantitative estimate of drug-likeness (QED) is 0.590. The van der Waals surface area contributed by atoms with Crippen molar-refractivity contribution in [1.29, 1.82) is 0 Å². The molecular formula is C23H24ClN3O3. The summed E-state index contributed by atoms with van der Waals surface area (Å²) in [6, 6.07) is 18.8. The molecule has 1 fully saturated rings. The molecule has 2 heterocycles. The van der Waals surface area contributed by atoms with Gasteiger partial charge in [0.05, 0.1) is 12.3 Å². The lowest BCUT2D eigenvalue weighted by Gasteiger charge is -2.16. The fraction of sp³-hybridized carbons (Fsp3) is 0.304. The summed E-state index contributed by atoms with van der Waals surface area (Å²) in [5.41, 5.74) is 2.02. The molecule has 1 amide bonds. The average Bonchev–Trinajstić information content (AvgIpc) is 3.44. The van der Waals surface area contributed by atoms with Crippen LogP contribution >= 0.6 is 11.6 Å². The van der Waals surface area contributed by atoms with E-state index in [-0.39, 0.29) is 18.4 Å². The number of nitrogens with zero attached hydrogens (tertiary/aromatic N) is 2. The third kappa shape index (κ3) is 5.33. The Morgan fingerprint density at radius 2 is 1.87 bits per heavy atom. The Balaban J connectivity index is 1.23. The first kappa shape index (κ1) is 20.3. The van der Waals surface area contributed by atoms with Crippen LogP contribution in [0.1, 0.15) is 23.7 Å². The predicted molar refractivity (Wildman–Crippen MR) is 115 cm³/mol. The van der Waals surface area contributed by atoms with Crippen LogP contribution in [0.4, 0.5) is 0 Å². The molecule has 0 radical (unpaired) electrons. The van der Waals surface area contributed by atoms with Crippen molar-refractivity contribution in [3.05, 3.63) is 77.1 Å². The van der Waals surface area contributed by atoms with Crippen molar-refractivity contribution in [2.75, 3.05) is 26.3 Å². The second kappa shape index (κ2) is 9.67. The molecule has 1 saturated heterocycles. The van der Waals surface area contributed by atoms with Crippen LogP contribution in [0.2, 0.25) is 5.02 Å². The number of rotatable bonds is 8. The van der Waals surface area contributed by atoms with E-state index in [0.29, 0.717) is 23.9 Å². The topological polar surface area (TPSA) is 67.4 Å². The van der Waals surface area contributed by atoms with Crippen LogP contribution < -0.4 is 9.47 Å². The maximum atomic E-state index is 12.4. The van der Waals surface area contributed by atoms with E-state index in [9.17, 15) is 4.79 Å². The van der Waals surface area contributed by atoms with Gasteiger partial charge in [0, 0.05) is 36.1 Å². The van der Waals surface area contributed by atoms with Crippen molar-refractivity contribution in [3.63, 3.8) is 0 Å². The highest BCUT2D eigenvalue weighted by Crippen LogP contribution is 2.26. The highest BCUT2D eigenvalue weighted by Gasteiger charge is 2.29. The number of carbonyl (C=O) groups is 1. The zero-order valence-corrected chi connectivity index (χ0v) is 17.3. The van der Waals surface area contributed by atoms with Crippen LogP contribution in [0.15, 0.2) is 60.7 Å². The maximum absolute atomic E-state index is 12.4. The number of ether oxygens (including phenoxy) is 2. The molecule has 0 spiro atoms. The Morgan fingerprint density at radius 3 is 2.67 bits per heavy atom. The van der Waals surface area contributed by atoms with Gasteiger partial charge in [0.1, 0.15) is 11.5 Å². The van der Waals surface area contributed by atoms with Crippen LogP contribution in [0.3, 0.4) is 0 Å². The van der Waals surface area contributed by atoms with E-state index in [1.54, 1.807) is 0 Å². The summed E-state index contributed by atoms with van der Waals surface area (Å²) in [5.74, 6) is 1.75. The number of nitrogens with one attached hydrogen (secondary N) is 1. The molecule has 156 valence electrons. The first-order chi connectivity index (χ1) is 14.7. The molecule has 1 aliphatic rings. The number of H-pyrrole nitrogens is 1. The minimum atomic E-state index is 0.00785. The third-order valence-corrected chi connectivity index (χ3v) is 5.42. The molecular weight excluding hydrogens is 402 g/mol. The van der Waals surface area contributed by atoms with Crippen molar-refractivity contribution in [1.82, 2.24) is 15.1 Å². The molecule has 1 aromatic heterocycles. The van der Waals surface area contributed by atoms with Crippen LogP contribution in [0.5, 0.6) is 11.5 Å². The van der Waals surface area contributed by atoms with Gasteiger partial charge in [-0.2, -0.15) is 5.10 Å². The smallest absolute Gasteiger partial charge is 0.260 e. The van der Waals surface area contributed by atoms with Gasteiger partial charge in [-0.25, -0.2) is 0 Å². The maximum Gasteiger partial charge on any atom is 0.260 e. The Kier molecular flexibility index (Phi) is 6.54. The summed E-state index contributed by atoms with van der Waals surface area (Å²) in [4.78, 5) is 14.3. The van der Waals surface area contributed by atoms with Gasteiger partial charge < -0.3 is 14.4 Å². The third-order valence-electron chi connectivity index (χ3n) is 5.17. The zero-order valence-electron chi connectivity index (χ0n) is 16.6. The van der Waals surface area contributed by atoms with E-state index < -0.39 is 0 Å². The number of benzene rings is 2. The summed E-state index contributed by atoms with van der Waals surface area (Å²) < 4.78 is 11.3. The average molecular weight is 426 g/mol. The molecule has 1 atom stereocenters. The van der Waals surface area contributed by atoms with Gasteiger partial charge in [-0.1, -0.05) is 29.8 Å². The number of likely N-dealkylation sites (tertiary alicyclic amines) is 1. The lowest BCUT2D eigenvalue weighted by atomic mass is 10.0. The van der Waals surface area contributed by atoms with Gasteiger partial charge in [-0.3, -0.25) is 9.89 Å². The molecule has 0 saturated carbocycles. The fourth-order valence-corrected chi connectivity index (χ4v) is 3.63. The number of hydrogen-bond acceptors (Lipinski definition) is 4. The zero-order chi connectivity index (χ0) is 20.8. The molecule has 1 unspecified atom stereocenters. The molecule has 0 aliphatic carbocycles. The van der Waals surface area contributed by atoms with Crippen molar-refractivity contribution >= 4 is 17.5 Å². The number of hydrogen-bond donors (Lipinski definition) is 1. The van der Waals surface area contributed by atoms with Crippen LogP contribution in [-0.2, 0) is 11.2 Å². The first-order valence-corrected chi connectivity index (χ1v) is 10.4. The molecule has 7 heteroatoms. The van der Waals surface area contributed by atoms with Crippen LogP contribution in [-0.4, -0.2) is 47.3 Å². The Hall–Kier alpha value is -2.99. The van der Waals surface area contributed by atoms with Gasteiger partial charge in [-0.15, -0.1) is 0 Å². The molecule has 1 aliphatic heterocycles. The normalized spacial score (nSPS) is 15.9. The van der Waals surface area contributed by atoms with Crippen molar-refractivity contribution in [3.8, 4) is 11.5 Å². The number of para-hydroxylation sites is 1. The summed E-state index contributed by atoms with van der Waals surface area (Å²) in [6.07, 6.45) is 1.64. The van der Waals surface area contributed by atoms with E-state index in [0.717, 1.165) is 36.5 Å². The Morgan fingerprint density at radius 1 is 1.10 bits per heavy atom. The van der Waals surface area contributed by atoms with Gasteiger partial charge >= 0.3 is 0 Å². The van der Waals surface area contributed by atoms with Crippen molar-refractivity contribution in [2.24, 2.45) is 0 Å².